The lowest BCUT2D eigenvalue weighted by molar-refractivity contribution is -0.198. The molecule has 0 N–H and O–H groups in total. The molecule has 1 fully saturated rings. The summed E-state index contributed by atoms with van der Waals surface area (Å²) in [6.07, 6.45) is 2.70. The summed E-state index contributed by atoms with van der Waals surface area (Å²) < 4.78 is 0. The van der Waals surface area contributed by atoms with Gasteiger partial charge in [-0.3, -0.25) is 9.63 Å². The van der Waals surface area contributed by atoms with E-state index in [4.69, 9.17) is 4.84 Å². The van der Waals surface area contributed by atoms with E-state index >= 15 is 0 Å². The highest BCUT2D eigenvalue weighted by Crippen LogP contribution is 2.20. The summed E-state index contributed by atoms with van der Waals surface area (Å²) in [5, 5.41) is 1.52. The summed E-state index contributed by atoms with van der Waals surface area (Å²) in [7, 11) is 0. The van der Waals surface area contributed by atoms with Gasteiger partial charge in [0.1, 0.15) is 0 Å². The van der Waals surface area contributed by atoms with Crippen molar-refractivity contribution in [3.8, 4) is 0 Å². The first kappa shape index (κ1) is 10.5. The van der Waals surface area contributed by atoms with Gasteiger partial charge in [-0.25, -0.2) is 5.06 Å². The molecule has 76 valence electrons. The van der Waals surface area contributed by atoms with Crippen LogP contribution < -0.4 is 0 Å². The Morgan fingerprint density at radius 3 is 2.54 bits per heavy atom. The van der Waals surface area contributed by atoms with Gasteiger partial charge in [0.2, 0.25) is 5.91 Å². The topological polar surface area (TPSA) is 29.5 Å². The summed E-state index contributed by atoms with van der Waals surface area (Å²) in [5.41, 5.74) is 0.0535. The monoisotopic (exact) mass is 185 g/mol. The zero-order valence-corrected chi connectivity index (χ0v) is 8.80. The lowest BCUT2D eigenvalue weighted by Gasteiger charge is -2.28. The number of nitrogens with zero attached hydrogens (tertiary/aromatic N) is 1. The molecule has 0 aromatic carbocycles. The van der Waals surface area contributed by atoms with Crippen molar-refractivity contribution in [2.45, 2.75) is 40.0 Å². The average molecular weight is 185 g/mol. The molecule has 13 heavy (non-hydrogen) atoms. The first-order chi connectivity index (χ1) is 5.99. The zero-order chi connectivity index (χ0) is 9.90. The van der Waals surface area contributed by atoms with Gasteiger partial charge >= 0.3 is 0 Å². The minimum atomic E-state index is 0.0535. The highest BCUT2D eigenvalue weighted by atomic mass is 16.7. The van der Waals surface area contributed by atoms with Crippen LogP contribution >= 0.6 is 0 Å². The number of rotatable bonds is 1. The summed E-state index contributed by atoms with van der Waals surface area (Å²) >= 11 is 0. The molecule has 0 saturated carbocycles. The van der Waals surface area contributed by atoms with E-state index in [2.05, 4.69) is 20.8 Å². The van der Waals surface area contributed by atoms with Gasteiger partial charge in [0.05, 0.1) is 6.61 Å². The maximum atomic E-state index is 11.6. The third-order valence-electron chi connectivity index (χ3n) is 1.96. The Bertz CT molecular complexity index is 178. The van der Waals surface area contributed by atoms with Crippen LogP contribution in [0.4, 0.5) is 0 Å². The van der Waals surface area contributed by atoms with E-state index in [1.54, 1.807) is 0 Å². The highest BCUT2D eigenvalue weighted by molar-refractivity contribution is 5.75. The van der Waals surface area contributed by atoms with Crippen LogP contribution in [0.3, 0.4) is 0 Å². The fourth-order valence-corrected chi connectivity index (χ4v) is 1.34. The van der Waals surface area contributed by atoms with Crippen molar-refractivity contribution in [1.29, 1.82) is 0 Å². The van der Waals surface area contributed by atoms with Crippen LogP contribution in [-0.4, -0.2) is 24.1 Å². The molecule has 0 aromatic heterocycles. The number of carbonyl (C=O) groups excluding carboxylic acids is 1. The van der Waals surface area contributed by atoms with E-state index in [0.29, 0.717) is 13.0 Å². The van der Waals surface area contributed by atoms with Crippen molar-refractivity contribution in [2.75, 3.05) is 13.2 Å². The normalized spacial score (nSPS) is 18.8. The molecule has 1 amide bonds. The van der Waals surface area contributed by atoms with Gasteiger partial charge in [0.25, 0.3) is 0 Å². The average Bonchev–Trinajstić information content (AvgIpc) is 2.03. The molecule has 1 saturated heterocycles. The fraction of sp³-hybridized carbons (Fsp3) is 0.900. The van der Waals surface area contributed by atoms with Crippen LogP contribution in [0.2, 0.25) is 0 Å². The Labute approximate surface area is 80.0 Å². The highest BCUT2D eigenvalue weighted by Gasteiger charge is 2.23. The van der Waals surface area contributed by atoms with Gasteiger partial charge in [-0.15, -0.1) is 0 Å². The predicted octanol–water partition coefficient (Wildman–Crippen LogP) is 1.98. The fourth-order valence-electron chi connectivity index (χ4n) is 1.34. The lowest BCUT2D eigenvalue weighted by Crippen LogP contribution is -2.37. The van der Waals surface area contributed by atoms with E-state index in [0.717, 1.165) is 19.4 Å². The van der Waals surface area contributed by atoms with Crippen molar-refractivity contribution in [1.82, 2.24) is 5.06 Å². The Hall–Kier alpha value is -0.570. The maximum absolute atomic E-state index is 11.6. The van der Waals surface area contributed by atoms with E-state index < -0.39 is 0 Å². The van der Waals surface area contributed by atoms with Gasteiger partial charge in [0.15, 0.2) is 0 Å². The smallest absolute Gasteiger partial charge is 0.246 e. The van der Waals surface area contributed by atoms with Crippen LogP contribution in [0, 0.1) is 5.41 Å². The Kier molecular flexibility index (Phi) is 3.31. The minimum Gasteiger partial charge on any atom is -0.273 e. The van der Waals surface area contributed by atoms with Crippen LogP contribution in [0.5, 0.6) is 0 Å². The Balaban J connectivity index is 2.38. The largest absolute Gasteiger partial charge is 0.273 e. The second-order valence-corrected chi connectivity index (χ2v) is 4.77. The molecule has 0 aromatic rings. The van der Waals surface area contributed by atoms with Crippen molar-refractivity contribution in [2.24, 2.45) is 5.41 Å². The Morgan fingerprint density at radius 1 is 1.38 bits per heavy atom. The van der Waals surface area contributed by atoms with E-state index in [1.807, 2.05) is 0 Å². The standard InChI is InChI=1S/C10H19NO2/c1-10(2,3)8-9(12)11-6-4-5-7-13-11/h4-8H2,1-3H3. The second-order valence-electron chi connectivity index (χ2n) is 4.77. The summed E-state index contributed by atoms with van der Waals surface area (Å²) in [6, 6.07) is 0. The minimum absolute atomic E-state index is 0.0535. The van der Waals surface area contributed by atoms with Gasteiger partial charge in [-0.1, -0.05) is 20.8 Å². The van der Waals surface area contributed by atoms with Crippen LogP contribution in [0.15, 0.2) is 0 Å². The van der Waals surface area contributed by atoms with Crippen molar-refractivity contribution >= 4 is 5.91 Å². The summed E-state index contributed by atoms with van der Waals surface area (Å²) in [6.45, 7) is 7.64. The van der Waals surface area contributed by atoms with Crippen LogP contribution in [-0.2, 0) is 9.63 Å². The number of amides is 1. The first-order valence-electron chi connectivity index (χ1n) is 4.92. The zero-order valence-electron chi connectivity index (χ0n) is 8.80. The summed E-state index contributed by atoms with van der Waals surface area (Å²) in [5.74, 6) is 0.118. The quantitative estimate of drug-likeness (QED) is 0.625. The number of hydrogen-bond donors (Lipinski definition) is 0. The first-order valence-corrected chi connectivity index (χ1v) is 4.92. The molecule has 1 heterocycles. The molecule has 0 unspecified atom stereocenters. The Morgan fingerprint density at radius 2 is 2.08 bits per heavy atom. The molecule has 0 aliphatic carbocycles. The third kappa shape index (κ3) is 3.77. The summed E-state index contributed by atoms with van der Waals surface area (Å²) in [4.78, 5) is 16.9. The third-order valence-corrected chi connectivity index (χ3v) is 1.96. The van der Waals surface area contributed by atoms with Gasteiger partial charge in [-0.05, 0) is 18.3 Å². The van der Waals surface area contributed by atoms with Crippen LogP contribution in [0.1, 0.15) is 40.0 Å². The van der Waals surface area contributed by atoms with Gasteiger partial charge in [-0.2, -0.15) is 0 Å². The molecular formula is C10H19NO2. The number of hydroxylamine groups is 2. The molecule has 1 rings (SSSR count). The molecular weight excluding hydrogens is 166 g/mol. The van der Waals surface area contributed by atoms with Crippen molar-refractivity contribution in [3.05, 3.63) is 0 Å². The molecule has 0 spiro atoms. The van der Waals surface area contributed by atoms with E-state index in [9.17, 15) is 4.79 Å². The lowest BCUT2D eigenvalue weighted by atomic mass is 9.92. The molecule has 3 heteroatoms. The molecule has 3 nitrogen and oxygen atoms in total. The predicted molar refractivity (Wildman–Crippen MR) is 51.0 cm³/mol. The van der Waals surface area contributed by atoms with Crippen molar-refractivity contribution in [3.63, 3.8) is 0 Å². The van der Waals surface area contributed by atoms with E-state index in [1.165, 1.54) is 5.06 Å². The molecule has 1 aliphatic rings. The van der Waals surface area contributed by atoms with Gasteiger partial charge < -0.3 is 0 Å². The second kappa shape index (κ2) is 4.09. The molecule has 0 radical (unpaired) electrons. The van der Waals surface area contributed by atoms with Crippen LogP contribution in [0.25, 0.3) is 0 Å². The molecule has 1 aliphatic heterocycles. The van der Waals surface area contributed by atoms with Gasteiger partial charge in [0, 0.05) is 13.0 Å². The maximum Gasteiger partial charge on any atom is 0.246 e. The van der Waals surface area contributed by atoms with Crippen molar-refractivity contribution < 1.29 is 9.63 Å². The number of hydrogen-bond acceptors (Lipinski definition) is 2. The molecule has 0 bridgehead atoms. The molecule has 0 atom stereocenters. The number of carbonyl (C=O) groups is 1. The SMILES string of the molecule is CC(C)(C)CC(=O)N1CCCCO1. The van der Waals surface area contributed by atoms with E-state index in [-0.39, 0.29) is 11.3 Å².